The van der Waals surface area contributed by atoms with Crippen molar-refractivity contribution in [3.63, 3.8) is 0 Å². The van der Waals surface area contributed by atoms with Crippen LogP contribution in [-0.4, -0.2) is 16.3 Å². The van der Waals surface area contributed by atoms with Crippen LogP contribution < -0.4 is 21.5 Å². The third-order valence-electron chi connectivity index (χ3n) is 4.11. The van der Waals surface area contributed by atoms with Gasteiger partial charge in [-0.2, -0.15) is 0 Å². The van der Waals surface area contributed by atoms with Crippen LogP contribution in [0.15, 0.2) is 24.3 Å². The smallest absolute Gasteiger partial charge is 0.189 e. The average Bonchev–Trinajstić information content (AvgIpc) is 2.50. The lowest BCUT2D eigenvalue weighted by Gasteiger charge is -2.30. The fraction of sp³-hybridized carbons (Fsp3) is 0.500. The number of hydrogen-bond acceptors (Lipinski definition) is 2. The van der Waals surface area contributed by atoms with Crippen molar-refractivity contribution in [3.8, 4) is 0 Å². The van der Waals surface area contributed by atoms with E-state index in [-0.39, 0.29) is 0 Å². The van der Waals surface area contributed by atoms with Crippen LogP contribution >= 0.6 is 24.4 Å². The van der Waals surface area contributed by atoms with Crippen molar-refractivity contribution in [3.05, 3.63) is 29.8 Å². The van der Waals surface area contributed by atoms with Crippen LogP contribution in [0.5, 0.6) is 0 Å². The molecule has 0 aliphatic heterocycles. The molecule has 2 rings (SSSR count). The molecule has 2 atom stereocenters. The van der Waals surface area contributed by atoms with E-state index in [4.69, 9.17) is 24.4 Å². The van der Waals surface area contributed by atoms with E-state index in [0.29, 0.717) is 22.2 Å². The van der Waals surface area contributed by atoms with Gasteiger partial charge >= 0.3 is 0 Å². The van der Waals surface area contributed by atoms with Gasteiger partial charge < -0.3 is 10.6 Å². The largest absolute Gasteiger partial charge is 0.358 e. The maximum atomic E-state index is 5.32. The Morgan fingerprint density at radius 2 is 1.73 bits per heavy atom. The second-order valence-corrected chi connectivity index (χ2v) is 6.68. The molecule has 1 fully saturated rings. The Bertz CT molecular complexity index is 533. The first kappa shape index (κ1) is 17.0. The molecule has 4 N–H and O–H groups in total. The second-order valence-electron chi connectivity index (χ2n) is 5.86. The van der Waals surface area contributed by atoms with Crippen LogP contribution in [0.25, 0.3) is 0 Å². The zero-order valence-corrected chi connectivity index (χ0v) is 14.7. The molecule has 1 aliphatic rings. The summed E-state index contributed by atoms with van der Waals surface area (Å²) in [6, 6.07) is 8.45. The number of para-hydroxylation sites is 1. The van der Waals surface area contributed by atoms with Crippen LogP contribution in [0.2, 0.25) is 0 Å². The maximum absolute atomic E-state index is 5.32. The monoisotopic (exact) mass is 336 g/mol. The van der Waals surface area contributed by atoms with Gasteiger partial charge in [0.05, 0.1) is 0 Å². The molecule has 0 unspecified atom stereocenters. The Balaban J connectivity index is 1.74. The molecule has 120 valence electrons. The van der Waals surface area contributed by atoms with Crippen LogP contribution in [-0.2, 0) is 0 Å². The number of nitrogens with one attached hydrogen (secondary N) is 4. The number of anilines is 1. The molecule has 0 spiro atoms. The first-order valence-electron chi connectivity index (χ1n) is 7.75. The molecule has 0 radical (unpaired) electrons. The van der Waals surface area contributed by atoms with Crippen molar-refractivity contribution in [1.82, 2.24) is 16.2 Å². The quantitative estimate of drug-likeness (QED) is 0.491. The molecular formula is C16H24N4S2. The Hall–Kier alpha value is -1.40. The van der Waals surface area contributed by atoms with Gasteiger partial charge in [0.2, 0.25) is 0 Å². The topological polar surface area (TPSA) is 48.1 Å². The summed E-state index contributed by atoms with van der Waals surface area (Å²) < 4.78 is 0. The molecule has 1 saturated carbocycles. The zero-order valence-electron chi connectivity index (χ0n) is 13.1. The fourth-order valence-electron chi connectivity index (χ4n) is 2.72. The minimum Gasteiger partial charge on any atom is -0.358 e. The van der Waals surface area contributed by atoms with Crippen LogP contribution in [0.1, 0.15) is 38.2 Å². The lowest BCUT2D eigenvalue weighted by atomic mass is 9.86. The molecular weight excluding hydrogens is 312 g/mol. The number of rotatable bonds is 2. The van der Waals surface area contributed by atoms with E-state index in [1.807, 2.05) is 31.2 Å². The summed E-state index contributed by atoms with van der Waals surface area (Å²) in [5.74, 6) is 0.658. The van der Waals surface area contributed by atoms with Crippen molar-refractivity contribution in [2.45, 2.75) is 45.6 Å². The van der Waals surface area contributed by atoms with E-state index >= 15 is 0 Å². The van der Waals surface area contributed by atoms with E-state index in [1.54, 1.807) is 0 Å². The minimum absolute atomic E-state index is 0.452. The van der Waals surface area contributed by atoms with Crippen molar-refractivity contribution in [2.75, 3.05) is 5.32 Å². The Morgan fingerprint density at radius 1 is 1.05 bits per heavy atom. The molecule has 0 saturated heterocycles. The van der Waals surface area contributed by atoms with E-state index in [9.17, 15) is 0 Å². The fourth-order valence-corrected chi connectivity index (χ4v) is 3.08. The molecule has 1 aromatic carbocycles. The van der Waals surface area contributed by atoms with Crippen LogP contribution in [0.3, 0.4) is 0 Å². The average molecular weight is 337 g/mol. The lowest BCUT2D eigenvalue weighted by molar-refractivity contribution is 0.308. The summed E-state index contributed by atoms with van der Waals surface area (Å²) >= 11 is 10.6. The van der Waals surface area contributed by atoms with Crippen molar-refractivity contribution in [2.24, 2.45) is 5.92 Å². The Labute approximate surface area is 143 Å². The number of thiocarbonyl (C=S) groups is 2. The predicted molar refractivity (Wildman–Crippen MR) is 101 cm³/mol. The summed E-state index contributed by atoms with van der Waals surface area (Å²) in [5, 5.41) is 7.60. The first-order chi connectivity index (χ1) is 10.6. The highest BCUT2D eigenvalue weighted by Crippen LogP contribution is 2.23. The third kappa shape index (κ3) is 5.10. The SMILES string of the molecule is Cc1ccccc1NC(=S)NNC(=S)N[C@H]1CCCC[C@H]1C. The van der Waals surface area contributed by atoms with Gasteiger partial charge in [-0.05, 0) is 61.7 Å². The Morgan fingerprint density at radius 3 is 2.45 bits per heavy atom. The molecule has 1 aromatic rings. The zero-order chi connectivity index (χ0) is 15.9. The molecule has 0 aromatic heterocycles. The summed E-state index contributed by atoms with van der Waals surface area (Å²) in [5.41, 5.74) is 8.02. The standard InChI is InChI=1S/C16H24N4S2/c1-11-7-3-5-9-13(11)17-15(21)19-20-16(22)18-14-10-6-4-8-12(14)2/h3,5,7,9,12,14H,4,6,8,10H2,1-2H3,(H2,17,19,21)(H2,18,20,22)/t12-,14+/m1/s1. The molecule has 22 heavy (non-hydrogen) atoms. The van der Waals surface area contributed by atoms with Gasteiger partial charge in [-0.1, -0.05) is 38.0 Å². The van der Waals surface area contributed by atoms with E-state index < -0.39 is 0 Å². The number of hydrogen-bond donors (Lipinski definition) is 4. The molecule has 0 amide bonds. The van der Waals surface area contributed by atoms with E-state index in [0.717, 1.165) is 11.3 Å². The van der Waals surface area contributed by atoms with Crippen molar-refractivity contribution < 1.29 is 0 Å². The molecule has 6 heteroatoms. The van der Waals surface area contributed by atoms with Gasteiger partial charge in [-0.15, -0.1) is 0 Å². The Kier molecular flexibility index (Phi) is 6.39. The van der Waals surface area contributed by atoms with Gasteiger partial charge in [0.1, 0.15) is 0 Å². The number of benzene rings is 1. The molecule has 4 nitrogen and oxygen atoms in total. The van der Waals surface area contributed by atoms with Gasteiger partial charge in [0, 0.05) is 11.7 Å². The van der Waals surface area contributed by atoms with Crippen LogP contribution in [0, 0.1) is 12.8 Å². The van der Waals surface area contributed by atoms with Crippen LogP contribution in [0.4, 0.5) is 5.69 Å². The van der Waals surface area contributed by atoms with Crippen molar-refractivity contribution in [1.29, 1.82) is 0 Å². The lowest BCUT2D eigenvalue weighted by Crippen LogP contribution is -2.52. The van der Waals surface area contributed by atoms with Gasteiger partial charge in [0.25, 0.3) is 0 Å². The van der Waals surface area contributed by atoms with E-state index in [1.165, 1.54) is 25.7 Å². The summed E-state index contributed by atoms with van der Waals surface area (Å²) in [6.07, 6.45) is 5.03. The van der Waals surface area contributed by atoms with Gasteiger partial charge in [0.15, 0.2) is 10.2 Å². The number of aryl methyl sites for hydroxylation is 1. The minimum atomic E-state index is 0.452. The van der Waals surface area contributed by atoms with Gasteiger partial charge in [-0.25, -0.2) is 0 Å². The second kappa shape index (κ2) is 8.29. The van der Waals surface area contributed by atoms with E-state index in [2.05, 4.69) is 28.4 Å². The summed E-state index contributed by atoms with van der Waals surface area (Å²) in [6.45, 7) is 4.31. The molecule has 0 bridgehead atoms. The highest BCUT2D eigenvalue weighted by atomic mass is 32.1. The summed E-state index contributed by atoms with van der Waals surface area (Å²) in [7, 11) is 0. The molecule has 1 aliphatic carbocycles. The summed E-state index contributed by atoms with van der Waals surface area (Å²) in [4.78, 5) is 0. The predicted octanol–water partition coefficient (Wildman–Crippen LogP) is 3.24. The highest BCUT2D eigenvalue weighted by Gasteiger charge is 2.21. The number of hydrazine groups is 1. The highest BCUT2D eigenvalue weighted by molar-refractivity contribution is 7.80. The van der Waals surface area contributed by atoms with Crippen molar-refractivity contribution >= 4 is 40.3 Å². The normalized spacial score (nSPS) is 20.8. The molecule has 0 heterocycles. The maximum Gasteiger partial charge on any atom is 0.189 e. The van der Waals surface area contributed by atoms with Gasteiger partial charge in [-0.3, -0.25) is 10.9 Å². The third-order valence-corrected chi connectivity index (χ3v) is 4.53. The first-order valence-corrected chi connectivity index (χ1v) is 8.57.